The molecule has 7 heteroatoms. The highest BCUT2D eigenvalue weighted by atomic mass is 79.9. The van der Waals surface area contributed by atoms with Crippen LogP contribution in [0, 0.1) is 10.1 Å². The molecule has 0 bridgehead atoms. The van der Waals surface area contributed by atoms with Gasteiger partial charge < -0.3 is 14.8 Å². The number of non-ortho nitro benzene ring substituents is 1. The average molecular weight is 443 g/mol. The van der Waals surface area contributed by atoms with E-state index in [0.717, 1.165) is 21.3 Å². The summed E-state index contributed by atoms with van der Waals surface area (Å²) in [7, 11) is 1.61. The van der Waals surface area contributed by atoms with Gasteiger partial charge in [0.05, 0.1) is 12.0 Å². The predicted molar refractivity (Wildman–Crippen MR) is 112 cm³/mol. The zero-order chi connectivity index (χ0) is 19.9. The molecule has 28 heavy (non-hydrogen) atoms. The molecule has 0 unspecified atom stereocenters. The molecular formula is C21H19BrN2O4. The quantitative estimate of drug-likeness (QED) is 0.365. The van der Waals surface area contributed by atoms with E-state index in [1.165, 1.54) is 12.1 Å². The monoisotopic (exact) mass is 442 g/mol. The molecule has 0 aliphatic heterocycles. The van der Waals surface area contributed by atoms with Gasteiger partial charge in [-0.15, -0.1) is 0 Å². The van der Waals surface area contributed by atoms with Gasteiger partial charge in [-0.25, -0.2) is 0 Å². The minimum absolute atomic E-state index is 0.0690. The Labute approximate surface area is 171 Å². The van der Waals surface area contributed by atoms with Crippen LogP contribution < -0.4 is 14.8 Å². The number of nitrogens with zero attached hydrogens (tertiary/aromatic N) is 1. The zero-order valence-electron chi connectivity index (χ0n) is 15.2. The maximum atomic E-state index is 10.7. The van der Waals surface area contributed by atoms with Crippen molar-refractivity contribution in [1.29, 1.82) is 0 Å². The van der Waals surface area contributed by atoms with Crippen LogP contribution in [0.1, 0.15) is 11.1 Å². The summed E-state index contributed by atoms with van der Waals surface area (Å²) in [4.78, 5) is 10.3. The van der Waals surface area contributed by atoms with Crippen LogP contribution in [0.2, 0.25) is 0 Å². The van der Waals surface area contributed by atoms with Gasteiger partial charge in [-0.3, -0.25) is 10.1 Å². The second-order valence-electron chi connectivity index (χ2n) is 6.06. The van der Waals surface area contributed by atoms with Gasteiger partial charge in [0.25, 0.3) is 5.69 Å². The first-order valence-electron chi connectivity index (χ1n) is 8.57. The Morgan fingerprint density at radius 2 is 1.64 bits per heavy atom. The molecule has 0 aliphatic carbocycles. The van der Waals surface area contributed by atoms with Gasteiger partial charge in [-0.05, 0) is 47.5 Å². The number of nitro groups is 1. The van der Waals surface area contributed by atoms with Gasteiger partial charge >= 0.3 is 0 Å². The number of methoxy groups -OCH3 is 1. The Balaban J connectivity index is 1.61. The fraction of sp³-hybridized carbons (Fsp3) is 0.143. The molecule has 3 rings (SSSR count). The van der Waals surface area contributed by atoms with Crippen molar-refractivity contribution in [2.24, 2.45) is 0 Å². The van der Waals surface area contributed by atoms with Gasteiger partial charge in [0.1, 0.15) is 6.61 Å². The molecule has 0 aliphatic rings. The van der Waals surface area contributed by atoms with Crippen molar-refractivity contribution in [2.75, 3.05) is 12.4 Å². The van der Waals surface area contributed by atoms with Crippen LogP contribution in [0.4, 0.5) is 11.4 Å². The summed E-state index contributed by atoms with van der Waals surface area (Å²) in [6.45, 7) is 1.01. The summed E-state index contributed by atoms with van der Waals surface area (Å²) in [5, 5.41) is 13.9. The largest absolute Gasteiger partial charge is 0.493 e. The number of rotatable bonds is 8. The molecule has 0 saturated carbocycles. The van der Waals surface area contributed by atoms with Crippen LogP contribution in [-0.2, 0) is 13.2 Å². The molecule has 6 nitrogen and oxygen atoms in total. The van der Waals surface area contributed by atoms with Gasteiger partial charge in [-0.1, -0.05) is 34.1 Å². The molecule has 0 fully saturated rings. The maximum absolute atomic E-state index is 10.7. The lowest BCUT2D eigenvalue weighted by Crippen LogP contribution is -2.02. The molecular weight excluding hydrogens is 424 g/mol. The first kappa shape index (κ1) is 19.7. The Morgan fingerprint density at radius 3 is 2.29 bits per heavy atom. The summed E-state index contributed by atoms with van der Waals surface area (Å²) in [6.07, 6.45) is 0. The summed E-state index contributed by atoms with van der Waals surface area (Å²) in [5.74, 6) is 1.32. The Kier molecular flexibility index (Phi) is 6.49. The molecule has 0 amide bonds. The molecule has 3 aromatic rings. The number of benzene rings is 3. The molecule has 0 spiro atoms. The first-order valence-corrected chi connectivity index (χ1v) is 9.37. The minimum Gasteiger partial charge on any atom is -0.493 e. The molecule has 0 atom stereocenters. The number of halogens is 1. The van der Waals surface area contributed by atoms with Crippen molar-refractivity contribution in [3.63, 3.8) is 0 Å². The number of hydrogen-bond donors (Lipinski definition) is 1. The minimum atomic E-state index is -0.415. The summed E-state index contributed by atoms with van der Waals surface area (Å²) in [5.41, 5.74) is 2.94. The first-order chi connectivity index (χ1) is 13.5. The summed E-state index contributed by atoms with van der Waals surface area (Å²) < 4.78 is 12.4. The Hall–Kier alpha value is -3.06. The fourth-order valence-electron chi connectivity index (χ4n) is 2.59. The highest BCUT2D eigenvalue weighted by Crippen LogP contribution is 2.29. The number of ether oxygens (including phenoxy) is 2. The second kappa shape index (κ2) is 9.23. The van der Waals surface area contributed by atoms with Crippen LogP contribution >= 0.6 is 15.9 Å². The van der Waals surface area contributed by atoms with Crippen molar-refractivity contribution in [3.05, 3.63) is 92.4 Å². The van der Waals surface area contributed by atoms with Crippen molar-refractivity contribution in [3.8, 4) is 11.5 Å². The smallest absolute Gasteiger partial charge is 0.269 e. The molecule has 0 radical (unpaired) electrons. The van der Waals surface area contributed by atoms with Crippen molar-refractivity contribution in [2.45, 2.75) is 13.2 Å². The van der Waals surface area contributed by atoms with Gasteiger partial charge in [0.15, 0.2) is 11.5 Å². The lowest BCUT2D eigenvalue weighted by Gasteiger charge is -2.13. The number of anilines is 1. The topological polar surface area (TPSA) is 73.6 Å². The van der Waals surface area contributed by atoms with Gasteiger partial charge in [0, 0.05) is 28.8 Å². The molecule has 0 aromatic heterocycles. The van der Waals surface area contributed by atoms with Crippen LogP contribution in [0.15, 0.2) is 71.2 Å². The van der Waals surface area contributed by atoms with E-state index in [0.29, 0.717) is 24.7 Å². The van der Waals surface area contributed by atoms with E-state index < -0.39 is 4.92 Å². The third-order valence-electron chi connectivity index (χ3n) is 4.11. The highest BCUT2D eigenvalue weighted by Gasteiger charge is 2.08. The van der Waals surface area contributed by atoms with Crippen molar-refractivity contribution >= 4 is 27.3 Å². The molecule has 144 valence electrons. The van der Waals surface area contributed by atoms with Gasteiger partial charge in [0.2, 0.25) is 0 Å². The van der Waals surface area contributed by atoms with E-state index in [4.69, 9.17) is 9.47 Å². The third kappa shape index (κ3) is 5.23. The number of hydrogen-bond acceptors (Lipinski definition) is 5. The van der Waals surface area contributed by atoms with Crippen LogP contribution in [0.3, 0.4) is 0 Å². The predicted octanol–water partition coefficient (Wildman–Crippen LogP) is 5.56. The zero-order valence-corrected chi connectivity index (χ0v) is 16.8. The van der Waals surface area contributed by atoms with Crippen LogP contribution in [0.5, 0.6) is 11.5 Å². The van der Waals surface area contributed by atoms with Crippen LogP contribution in [-0.4, -0.2) is 12.0 Å². The second-order valence-corrected chi connectivity index (χ2v) is 6.97. The lowest BCUT2D eigenvalue weighted by atomic mass is 10.2. The van der Waals surface area contributed by atoms with E-state index in [-0.39, 0.29) is 5.69 Å². The number of nitro benzene ring substituents is 1. The van der Waals surface area contributed by atoms with E-state index >= 15 is 0 Å². The SMILES string of the molecule is COc1cc(CNc2ccc([N+](=O)[O-])cc2)ccc1OCc1ccc(Br)cc1. The molecule has 1 N–H and O–H groups in total. The third-order valence-corrected chi connectivity index (χ3v) is 4.64. The average Bonchev–Trinajstić information content (AvgIpc) is 2.72. The standard InChI is InChI=1S/C21H19BrN2O4/c1-27-21-12-16(13-23-18-7-9-19(10-8-18)24(25)26)4-11-20(21)28-14-15-2-5-17(22)6-3-15/h2-12,23H,13-14H2,1H3. The van der Waals surface area contributed by atoms with Crippen LogP contribution in [0.25, 0.3) is 0 Å². The highest BCUT2D eigenvalue weighted by molar-refractivity contribution is 9.10. The lowest BCUT2D eigenvalue weighted by molar-refractivity contribution is -0.384. The summed E-state index contributed by atoms with van der Waals surface area (Å²) in [6, 6.07) is 20.0. The van der Waals surface area contributed by atoms with Gasteiger partial charge in [-0.2, -0.15) is 0 Å². The molecule has 3 aromatic carbocycles. The summed E-state index contributed by atoms with van der Waals surface area (Å²) >= 11 is 3.42. The Bertz CT molecular complexity index is 944. The maximum Gasteiger partial charge on any atom is 0.269 e. The van der Waals surface area contributed by atoms with E-state index in [9.17, 15) is 10.1 Å². The van der Waals surface area contributed by atoms with E-state index in [1.807, 2.05) is 42.5 Å². The van der Waals surface area contributed by atoms with Crippen molar-refractivity contribution < 1.29 is 14.4 Å². The normalized spacial score (nSPS) is 10.4. The van der Waals surface area contributed by atoms with E-state index in [1.54, 1.807) is 19.2 Å². The molecule has 0 saturated heterocycles. The molecule has 0 heterocycles. The van der Waals surface area contributed by atoms with E-state index in [2.05, 4.69) is 21.2 Å². The number of nitrogens with one attached hydrogen (secondary N) is 1. The van der Waals surface area contributed by atoms with Crippen molar-refractivity contribution in [1.82, 2.24) is 0 Å². The fourth-order valence-corrected chi connectivity index (χ4v) is 2.85. The Morgan fingerprint density at radius 1 is 0.964 bits per heavy atom.